The summed E-state index contributed by atoms with van der Waals surface area (Å²) in [6.45, 7) is 3.65. The third kappa shape index (κ3) is 6.33. The Bertz CT molecular complexity index is 1680. The second-order valence-electron chi connectivity index (χ2n) is 12.4. The van der Waals surface area contributed by atoms with Crippen LogP contribution >= 0.6 is 0 Å². The zero-order valence-electron chi connectivity index (χ0n) is 27.2. The van der Waals surface area contributed by atoms with Gasteiger partial charge in [0.2, 0.25) is 18.3 Å². The van der Waals surface area contributed by atoms with Gasteiger partial charge in [0.1, 0.15) is 18.3 Å². The Morgan fingerprint density at radius 3 is 2.40 bits per heavy atom. The van der Waals surface area contributed by atoms with Gasteiger partial charge < -0.3 is 64.0 Å². The van der Waals surface area contributed by atoms with E-state index in [1.165, 1.54) is 50.8 Å². The second-order valence-corrected chi connectivity index (χ2v) is 12.4. The largest absolute Gasteiger partial charge is 0.504 e. The number of aliphatic hydroxyl groups is 3. The molecule has 50 heavy (non-hydrogen) atoms. The van der Waals surface area contributed by atoms with Gasteiger partial charge in [0.05, 0.1) is 38.7 Å². The lowest BCUT2D eigenvalue weighted by molar-refractivity contribution is -0.340. The lowest BCUT2D eigenvalue weighted by atomic mass is 9.73. The number of rotatable bonds is 9. The minimum atomic E-state index is -1.75. The summed E-state index contributed by atoms with van der Waals surface area (Å²) in [5.74, 6) is -2.92. The van der Waals surface area contributed by atoms with E-state index >= 15 is 0 Å². The number of ether oxygens (including phenoxy) is 6. The summed E-state index contributed by atoms with van der Waals surface area (Å²) < 4.78 is 33.6. The molecule has 4 heterocycles. The van der Waals surface area contributed by atoms with E-state index in [2.05, 4.69) is 6.58 Å². The fraction of sp³-hybridized carbons (Fsp3) is 0.429. The number of hydrogen-bond donors (Lipinski definition) is 6. The van der Waals surface area contributed by atoms with Crippen LogP contribution in [0.25, 0.3) is 6.08 Å². The van der Waals surface area contributed by atoms with E-state index in [9.17, 15) is 40.2 Å². The molecule has 0 unspecified atom stereocenters. The number of esters is 1. The van der Waals surface area contributed by atoms with Crippen LogP contribution < -0.4 is 9.47 Å². The van der Waals surface area contributed by atoms with Crippen molar-refractivity contribution in [3.05, 3.63) is 71.5 Å². The topological polar surface area (TPSA) is 214 Å². The minimum Gasteiger partial charge on any atom is -0.504 e. The highest BCUT2D eigenvalue weighted by atomic mass is 16.8. The van der Waals surface area contributed by atoms with Crippen molar-refractivity contribution in [3.8, 4) is 28.7 Å². The number of amides is 1. The molecule has 0 radical (unpaired) electrons. The van der Waals surface area contributed by atoms with E-state index in [1.54, 1.807) is 11.0 Å². The van der Waals surface area contributed by atoms with E-state index in [0.29, 0.717) is 36.1 Å². The molecule has 0 bridgehead atoms. The first-order chi connectivity index (χ1) is 24.0. The van der Waals surface area contributed by atoms with Crippen molar-refractivity contribution in [1.29, 1.82) is 0 Å². The van der Waals surface area contributed by atoms with Gasteiger partial charge in [-0.1, -0.05) is 6.08 Å². The number of hydrogen-bond acceptors (Lipinski definition) is 14. The van der Waals surface area contributed by atoms with Gasteiger partial charge >= 0.3 is 5.97 Å². The fourth-order valence-corrected chi connectivity index (χ4v) is 7.01. The number of fused-ring (bicyclic) bond motifs is 4. The van der Waals surface area contributed by atoms with Gasteiger partial charge in [-0.2, -0.15) is 0 Å². The molecule has 15 heteroatoms. The monoisotopic (exact) mass is 697 g/mol. The maximum atomic E-state index is 13.7. The number of aliphatic hydroxyl groups excluding tert-OH is 3. The van der Waals surface area contributed by atoms with Crippen LogP contribution in [0.2, 0.25) is 0 Å². The number of nitrogens with zero attached hydrogens (tertiary/aromatic N) is 1. The molecule has 0 aliphatic carbocycles. The fourth-order valence-electron chi connectivity index (χ4n) is 7.01. The summed E-state index contributed by atoms with van der Waals surface area (Å²) in [6, 6.07) is 5.46. The molecule has 9 atom stereocenters. The van der Waals surface area contributed by atoms with Crippen LogP contribution in [0.15, 0.2) is 54.8 Å². The van der Waals surface area contributed by atoms with Crippen molar-refractivity contribution in [2.24, 2.45) is 11.8 Å². The van der Waals surface area contributed by atoms with Crippen molar-refractivity contribution in [2.75, 3.05) is 27.4 Å². The van der Waals surface area contributed by atoms with Crippen molar-refractivity contribution >= 4 is 18.0 Å². The van der Waals surface area contributed by atoms with Gasteiger partial charge in [-0.25, -0.2) is 4.79 Å². The average molecular weight is 698 g/mol. The first-order valence-corrected chi connectivity index (χ1v) is 15.9. The minimum absolute atomic E-state index is 0.0964. The lowest BCUT2D eigenvalue weighted by Crippen LogP contribution is -2.61. The molecule has 4 aliphatic rings. The van der Waals surface area contributed by atoms with Gasteiger partial charge in [-0.15, -0.1) is 6.58 Å². The summed E-state index contributed by atoms with van der Waals surface area (Å²) in [5, 5.41) is 62.0. The molecular weight excluding hydrogens is 658 g/mol. The highest BCUT2D eigenvalue weighted by Crippen LogP contribution is 2.49. The van der Waals surface area contributed by atoms with Crippen molar-refractivity contribution in [3.63, 3.8) is 0 Å². The molecule has 15 nitrogen and oxygen atoms in total. The number of aromatic hydroxyl groups is 3. The second kappa shape index (κ2) is 14.2. The molecule has 6 N–H and O–H groups in total. The average Bonchev–Trinajstić information content (AvgIpc) is 3.11. The smallest absolute Gasteiger partial charge is 0.331 e. The number of phenolic OH excluding ortho intramolecular Hbond substituents is 3. The Morgan fingerprint density at radius 1 is 1.04 bits per heavy atom. The van der Waals surface area contributed by atoms with Gasteiger partial charge in [-0.3, -0.25) is 4.79 Å². The first kappa shape index (κ1) is 35.0. The van der Waals surface area contributed by atoms with E-state index in [0.717, 1.165) is 11.6 Å². The number of piperidine rings is 1. The lowest BCUT2D eigenvalue weighted by Gasteiger charge is -2.49. The molecule has 6 rings (SSSR count). The number of phenols is 3. The standard InChI is InChI=1S/C35H39NO14/c1-4-18-20-12-22-19-13-24(39)23(38)11-17(19)7-8-36(22)33(44)21(20)15-47-34(18)50-35-32(31(43)30(42)27(14-37)48-35)49-28(40)6-5-16-9-25(45-2)29(41)26(10-16)46-3/h4-6,9-11,13,15,18,20,22,27,30-32,34-35,37-39,41-43H,1,7-8,12,14H2,2-3H3/t18-,20+,22-,27-,30-,31+,32-,34+,35+/m1/s1. The Kier molecular flexibility index (Phi) is 9.96. The zero-order chi connectivity index (χ0) is 35.9. The van der Waals surface area contributed by atoms with E-state index < -0.39 is 67.4 Å². The van der Waals surface area contributed by atoms with E-state index in [-0.39, 0.29) is 34.7 Å². The molecule has 2 saturated heterocycles. The number of methoxy groups -OCH3 is 2. The van der Waals surface area contributed by atoms with Crippen LogP contribution in [0.1, 0.15) is 29.2 Å². The predicted octanol–water partition coefficient (Wildman–Crippen LogP) is 1.39. The zero-order valence-corrected chi connectivity index (χ0v) is 27.2. The quantitative estimate of drug-likeness (QED) is 0.0946. The first-order valence-electron chi connectivity index (χ1n) is 15.9. The molecule has 268 valence electrons. The van der Waals surface area contributed by atoms with Gasteiger partial charge in [-0.05, 0) is 59.9 Å². The van der Waals surface area contributed by atoms with Crippen molar-refractivity contribution < 1.29 is 68.6 Å². The van der Waals surface area contributed by atoms with Crippen molar-refractivity contribution in [1.82, 2.24) is 4.90 Å². The number of carbonyl (C=O) groups excluding carboxylic acids is 2. The third-order valence-electron chi connectivity index (χ3n) is 9.62. The molecule has 2 aromatic rings. The van der Waals surface area contributed by atoms with Crippen LogP contribution in [-0.4, -0.2) is 112 Å². The molecule has 0 aromatic heterocycles. The maximum Gasteiger partial charge on any atom is 0.331 e. The SMILES string of the molecule is C=C[C@H]1[C@H](O[C@@H]2O[C@H](CO)[C@@H](O)[C@H](O)[C@H]2OC(=O)C=Cc2cc(OC)c(O)c(OC)c2)OC=C2C(=O)N3CCc4cc(O)c(O)cc4[C@H]3C[C@H]21. The summed E-state index contributed by atoms with van der Waals surface area (Å²) in [5.41, 5.74) is 2.33. The van der Waals surface area contributed by atoms with E-state index in [1.807, 2.05) is 0 Å². The number of benzene rings is 2. The number of carbonyl (C=O) groups is 2. The highest BCUT2D eigenvalue weighted by Gasteiger charge is 2.52. The highest BCUT2D eigenvalue weighted by molar-refractivity contribution is 5.95. The molecule has 4 aliphatic heterocycles. The summed E-state index contributed by atoms with van der Waals surface area (Å²) >= 11 is 0. The summed E-state index contributed by atoms with van der Waals surface area (Å²) in [4.78, 5) is 28.4. The third-order valence-corrected chi connectivity index (χ3v) is 9.62. The molecule has 0 spiro atoms. The molecular formula is C35H39NO14. The Hall–Kier alpha value is -4.80. The van der Waals surface area contributed by atoms with Crippen LogP contribution in [-0.2, 0) is 35.0 Å². The Labute approximate surface area is 286 Å². The van der Waals surface area contributed by atoms with Gasteiger partial charge in [0, 0.05) is 24.5 Å². The molecule has 0 saturated carbocycles. The normalized spacial score (nSPS) is 30.3. The van der Waals surface area contributed by atoms with Crippen LogP contribution in [0.4, 0.5) is 0 Å². The van der Waals surface area contributed by atoms with Crippen molar-refractivity contribution in [2.45, 2.75) is 55.9 Å². The van der Waals surface area contributed by atoms with Crippen LogP contribution in [0.3, 0.4) is 0 Å². The molecule has 2 aromatic carbocycles. The Morgan fingerprint density at radius 2 is 1.74 bits per heavy atom. The predicted molar refractivity (Wildman–Crippen MR) is 172 cm³/mol. The van der Waals surface area contributed by atoms with Crippen LogP contribution in [0, 0.1) is 11.8 Å². The maximum absolute atomic E-state index is 13.7. The summed E-state index contributed by atoms with van der Waals surface area (Å²) in [6.07, 6.45) is -2.87. The van der Waals surface area contributed by atoms with E-state index in [4.69, 9.17) is 28.4 Å². The van der Waals surface area contributed by atoms with Crippen LogP contribution in [0.5, 0.6) is 28.7 Å². The molecule has 1 amide bonds. The van der Waals surface area contributed by atoms with Gasteiger partial charge in [0.25, 0.3) is 5.91 Å². The molecule has 2 fully saturated rings. The summed E-state index contributed by atoms with van der Waals surface area (Å²) in [7, 11) is 2.70. The Balaban J connectivity index is 1.23. The van der Waals surface area contributed by atoms with Gasteiger partial charge in [0.15, 0.2) is 29.1 Å².